The smallest absolute Gasteiger partial charge is 0.305 e. The van der Waals surface area contributed by atoms with Gasteiger partial charge in [-0.15, -0.1) is 0 Å². The molecule has 6 heteroatoms. The van der Waals surface area contributed by atoms with Crippen LogP contribution in [0.15, 0.2) is 0 Å². The van der Waals surface area contributed by atoms with Gasteiger partial charge >= 0.3 is 5.97 Å². The Kier molecular flexibility index (Phi) is 30.8. The maximum absolute atomic E-state index is 11.2. The number of ether oxygens (including phenoxy) is 1. The molecule has 0 aliphatic carbocycles. The minimum atomic E-state index is -1.11. The SMILES string of the molecule is CCCCCCCCCCCCCCCCCCCCCC(=O)OCC.OCC(CO)(CO)CO. The molecule has 6 nitrogen and oxygen atoms in total. The van der Waals surface area contributed by atoms with Crippen LogP contribution in [0.2, 0.25) is 0 Å². The van der Waals surface area contributed by atoms with Crippen molar-refractivity contribution in [3.8, 4) is 0 Å². The molecular formula is C29H60O6. The van der Waals surface area contributed by atoms with Gasteiger partial charge in [-0.1, -0.05) is 122 Å². The van der Waals surface area contributed by atoms with E-state index in [4.69, 9.17) is 25.2 Å². The van der Waals surface area contributed by atoms with Crippen LogP contribution in [0.4, 0.5) is 0 Å². The van der Waals surface area contributed by atoms with Crippen LogP contribution in [0.5, 0.6) is 0 Å². The second-order valence-electron chi connectivity index (χ2n) is 10.1. The molecule has 0 unspecified atom stereocenters. The molecule has 0 aliphatic heterocycles. The molecule has 0 heterocycles. The molecule has 0 spiro atoms. The third-order valence-electron chi connectivity index (χ3n) is 6.63. The third-order valence-corrected chi connectivity index (χ3v) is 6.63. The lowest BCUT2D eigenvalue weighted by atomic mass is 9.93. The lowest BCUT2D eigenvalue weighted by Gasteiger charge is -2.23. The number of hydrogen-bond donors (Lipinski definition) is 4. The van der Waals surface area contributed by atoms with Crippen molar-refractivity contribution in [3.05, 3.63) is 0 Å². The van der Waals surface area contributed by atoms with Crippen molar-refractivity contribution in [2.24, 2.45) is 5.41 Å². The Balaban J connectivity index is 0. The first-order valence-corrected chi connectivity index (χ1v) is 14.6. The highest BCUT2D eigenvalue weighted by Crippen LogP contribution is 2.15. The Morgan fingerprint density at radius 3 is 1.03 bits per heavy atom. The molecule has 0 saturated carbocycles. The van der Waals surface area contributed by atoms with E-state index in [1.165, 1.54) is 116 Å². The van der Waals surface area contributed by atoms with Crippen molar-refractivity contribution < 1.29 is 30.0 Å². The van der Waals surface area contributed by atoms with Crippen LogP contribution in [-0.2, 0) is 9.53 Å². The van der Waals surface area contributed by atoms with Crippen LogP contribution in [-0.4, -0.2) is 59.4 Å². The molecule has 0 atom stereocenters. The van der Waals surface area contributed by atoms with Crippen molar-refractivity contribution in [1.82, 2.24) is 0 Å². The largest absolute Gasteiger partial charge is 0.466 e. The fraction of sp³-hybridized carbons (Fsp3) is 0.966. The van der Waals surface area contributed by atoms with Crippen LogP contribution in [0.3, 0.4) is 0 Å². The summed E-state index contributed by atoms with van der Waals surface area (Å²) in [6.07, 6.45) is 26.9. The van der Waals surface area contributed by atoms with Crippen LogP contribution >= 0.6 is 0 Å². The first-order chi connectivity index (χ1) is 17.1. The number of hydrogen-bond acceptors (Lipinski definition) is 6. The van der Waals surface area contributed by atoms with Gasteiger partial charge in [0, 0.05) is 6.42 Å². The first-order valence-electron chi connectivity index (χ1n) is 14.6. The van der Waals surface area contributed by atoms with Gasteiger partial charge in [-0.25, -0.2) is 0 Å². The van der Waals surface area contributed by atoms with E-state index in [1.807, 2.05) is 6.92 Å². The summed E-state index contributed by atoms with van der Waals surface area (Å²) in [5.74, 6) is -0.0283. The Bertz CT molecular complexity index is 394. The molecule has 0 aromatic rings. The Labute approximate surface area is 216 Å². The van der Waals surface area contributed by atoms with Gasteiger partial charge in [0.15, 0.2) is 0 Å². The third kappa shape index (κ3) is 26.2. The van der Waals surface area contributed by atoms with E-state index in [0.29, 0.717) is 13.0 Å². The molecule has 0 radical (unpaired) electrons. The minimum absolute atomic E-state index is 0.0283. The predicted octanol–water partition coefficient (Wildman–Crippen LogP) is 6.31. The van der Waals surface area contributed by atoms with Gasteiger partial charge in [0.1, 0.15) is 0 Å². The minimum Gasteiger partial charge on any atom is -0.466 e. The van der Waals surface area contributed by atoms with E-state index in [0.717, 1.165) is 6.42 Å². The molecule has 0 aromatic heterocycles. The van der Waals surface area contributed by atoms with E-state index in [1.54, 1.807) is 0 Å². The van der Waals surface area contributed by atoms with E-state index in [2.05, 4.69) is 6.92 Å². The lowest BCUT2D eigenvalue weighted by Crippen LogP contribution is -2.37. The summed E-state index contributed by atoms with van der Waals surface area (Å²) in [5.41, 5.74) is -1.11. The first kappa shape index (κ1) is 36.5. The average Bonchev–Trinajstić information content (AvgIpc) is 2.88. The predicted molar refractivity (Wildman–Crippen MR) is 145 cm³/mol. The zero-order valence-corrected chi connectivity index (χ0v) is 23.3. The second kappa shape index (κ2) is 29.5. The topological polar surface area (TPSA) is 107 Å². The van der Waals surface area contributed by atoms with Crippen molar-refractivity contribution in [2.45, 2.75) is 142 Å². The standard InChI is InChI=1S/C24H48O2.C5H12O4/c1-3-5-6-7-8-9-10-11-12-13-14-15-16-17-18-19-20-21-22-23-24(25)26-4-2;6-1-5(2-7,3-8)4-9/h3-23H2,1-2H3;6-9H,1-4H2. The van der Waals surface area contributed by atoms with Crippen LogP contribution in [0.25, 0.3) is 0 Å². The van der Waals surface area contributed by atoms with Crippen molar-refractivity contribution in [2.75, 3.05) is 33.0 Å². The normalized spacial score (nSPS) is 11.3. The summed E-state index contributed by atoms with van der Waals surface area (Å²) in [7, 11) is 0. The molecule has 0 fully saturated rings. The van der Waals surface area contributed by atoms with Crippen LogP contribution in [0.1, 0.15) is 142 Å². The van der Waals surface area contributed by atoms with Gasteiger partial charge in [-0.2, -0.15) is 0 Å². The molecule has 0 saturated heterocycles. The van der Waals surface area contributed by atoms with Gasteiger partial charge < -0.3 is 25.2 Å². The van der Waals surface area contributed by atoms with Crippen LogP contribution < -0.4 is 0 Å². The van der Waals surface area contributed by atoms with E-state index in [9.17, 15) is 4.79 Å². The summed E-state index contributed by atoms with van der Waals surface area (Å²) >= 11 is 0. The van der Waals surface area contributed by atoms with Gasteiger partial charge in [0.05, 0.1) is 38.4 Å². The number of aliphatic hydroxyl groups excluding tert-OH is 4. The van der Waals surface area contributed by atoms with E-state index >= 15 is 0 Å². The fourth-order valence-electron chi connectivity index (χ4n) is 3.88. The summed E-state index contributed by atoms with van der Waals surface area (Å²) in [6, 6.07) is 0. The second-order valence-corrected chi connectivity index (χ2v) is 10.1. The molecular weight excluding hydrogens is 444 g/mol. The van der Waals surface area contributed by atoms with Crippen LogP contribution in [0, 0.1) is 5.41 Å². The van der Waals surface area contributed by atoms with Gasteiger partial charge in [-0.05, 0) is 13.3 Å². The Morgan fingerprint density at radius 1 is 0.514 bits per heavy atom. The molecule has 0 aliphatic rings. The monoisotopic (exact) mass is 504 g/mol. The summed E-state index contributed by atoms with van der Waals surface area (Å²) < 4.78 is 4.94. The lowest BCUT2D eigenvalue weighted by molar-refractivity contribution is -0.143. The number of aliphatic hydroxyl groups is 4. The van der Waals surface area contributed by atoms with Gasteiger partial charge in [-0.3, -0.25) is 4.79 Å². The molecule has 0 rings (SSSR count). The maximum Gasteiger partial charge on any atom is 0.305 e. The molecule has 0 aromatic carbocycles. The average molecular weight is 505 g/mol. The molecule has 0 amide bonds. The van der Waals surface area contributed by atoms with Gasteiger partial charge in [0.25, 0.3) is 0 Å². The fourth-order valence-corrected chi connectivity index (χ4v) is 3.88. The quantitative estimate of drug-likeness (QED) is 0.0857. The number of carbonyl (C=O) groups is 1. The highest BCUT2D eigenvalue weighted by atomic mass is 16.5. The molecule has 4 N–H and O–H groups in total. The Hall–Kier alpha value is -0.690. The highest BCUT2D eigenvalue weighted by molar-refractivity contribution is 5.69. The molecule has 212 valence electrons. The van der Waals surface area contributed by atoms with Crippen molar-refractivity contribution in [1.29, 1.82) is 0 Å². The molecule has 35 heavy (non-hydrogen) atoms. The number of esters is 1. The Morgan fingerprint density at radius 2 is 0.800 bits per heavy atom. The summed E-state index contributed by atoms with van der Waals surface area (Å²) in [6.45, 7) is 3.04. The van der Waals surface area contributed by atoms with Crippen molar-refractivity contribution >= 4 is 5.97 Å². The number of carbonyl (C=O) groups excluding carboxylic acids is 1. The summed E-state index contributed by atoms with van der Waals surface area (Å²) in [4.78, 5) is 11.2. The maximum atomic E-state index is 11.2. The zero-order valence-electron chi connectivity index (χ0n) is 23.3. The van der Waals surface area contributed by atoms with Crippen molar-refractivity contribution in [3.63, 3.8) is 0 Å². The van der Waals surface area contributed by atoms with Gasteiger partial charge in [0.2, 0.25) is 0 Å². The summed E-state index contributed by atoms with van der Waals surface area (Å²) in [5, 5.41) is 34.0. The van der Waals surface area contributed by atoms with E-state index < -0.39 is 31.8 Å². The highest BCUT2D eigenvalue weighted by Gasteiger charge is 2.26. The molecule has 0 bridgehead atoms. The number of rotatable bonds is 25. The zero-order chi connectivity index (χ0) is 26.5. The number of unbranched alkanes of at least 4 members (excludes halogenated alkanes) is 18. The van der Waals surface area contributed by atoms with E-state index in [-0.39, 0.29) is 5.97 Å².